The standard InChI is InChI=1S/C19H17NO3S2/c1-13(21)14-6-8-16(9-7-14)23-18(22)17-5-3-2-4-15(17)12-25-19-20-10-11-24-19/h2-9H,10-12H2,1H3. The van der Waals surface area contributed by atoms with E-state index < -0.39 is 5.97 Å². The number of ether oxygens (including phenoxy) is 1. The van der Waals surface area contributed by atoms with Gasteiger partial charge in [-0.3, -0.25) is 9.79 Å². The van der Waals surface area contributed by atoms with E-state index in [1.54, 1.807) is 53.9 Å². The molecule has 3 rings (SSSR count). The second-order valence-corrected chi connectivity index (χ2v) is 7.72. The predicted octanol–water partition coefficient (Wildman–Crippen LogP) is 4.44. The van der Waals surface area contributed by atoms with Crippen LogP contribution in [-0.2, 0) is 5.75 Å². The van der Waals surface area contributed by atoms with Crippen LogP contribution in [0.25, 0.3) is 0 Å². The van der Waals surface area contributed by atoms with Gasteiger partial charge in [0.2, 0.25) is 0 Å². The van der Waals surface area contributed by atoms with Gasteiger partial charge >= 0.3 is 5.97 Å². The first-order chi connectivity index (χ1) is 12.1. The van der Waals surface area contributed by atoms with Gasteiger partial charge in [-0.2, -0.15) is 0 Å². The quantitative estimate of drug-likeness (QED) is 0.442. The van der Waals surface area contributed by atoms with Gasteiger partial charge in [0.1, 0.15) is 10.1 Å². The maximum atomic E-state index is 12.5. The Labute approximate surface area is 155 Å². The molecule has 0 saturated heterocycles. The lowest BCUT2D eigenvalue weighted by molar-refractivity contribution is 0.0734. The highest BCUT2D eigenvalue weighted by Crippen LogP contribution is 2.27. The molecule has 1 aliphatic rings. The minimum atomic E-state index is -0.396. The van der Waals surface area contributed by atoms with Crippen molar-refractivity contribution in [2.24, 2.45) is 4.99 Å². The molecule has 25 heavy (non-hydrogen) atoms. The van der Waals surface area contributed by atoms with E-state index in [0.29, 0.717) is 22.6 Å². The Hall–Kier alpha value is -2.05. The van der Waals surface area contributed by atoms with E-state index in [1.807, 2.05) is 18.2 Å². The van der Waals surface area contributed by atoms with Crippen molar-refractivity contribution in [2.45, 2.75) is 12.7 Å². The number of benzene rings is 2. The second-order valence-electron chi connectivity index (χ2n) is 5.41. The Morgan fingerprint density at radius 2 is 1.92 bits per heavy atom. The summed E-state index contributed by atoms with van der Waals surface area (Å²) in [6.07, 6.45) is 0. The number of rotatable bonds is 5. The van der Waals surface area contributed by atoms with Crippen LogP contribution < -0.4 is 4.74 Å². The smallest absolute Gasteiger partial charge is 0.343 e. The fourth-order valence-electron chi connectivity index (χ4n) is 2.31. The molecule has 2 aromatic carbocycles. The van der Waals surface area contributed by atoms with E-state index in [9.17, 15) is 9.59 Å². The van der Waals surface area contributed by atoms with E-state index in [-0.39, 0.29) is 5.78 Å². The van der Waals surface area contributed by atoms with Crippen LogP contribution in [0.1, 0.15) is 33.2 Å². The van der Waals surface area contributed by atoms with Crippen LogP contribution in [0.5, 0.6) is 5.75 Å². The molecule has 1 heterocycles. The predicted molar refractivity (Wildman–Crippen MR) is 104 cm³/mol. The topological polar surface area (TPSA) is 55.7 Å². The maximum Gasteiger partial charge on any atom is 0.343 e. The van der Waals surface area contributed by atoms with Gasteiger partial charge in [0, 0.05) is 17.1 Å². The van der Waals surface area contributed by atoms with E-state index in [1.165, 1.54) is 6.92 Å². The van der Waals surface area contributed by atoms with Crippen LogP contribution >= 0.6 is 23.5 Å². The number of esters is 1. The van der Waals surface area contributed by atoms with Crippen molar-refractivity contribution in [3.05, 3.63) is 65.2 Å². The summed E-state index contributed by atoms with van der Waals surface area (Å²) in [5.74, 6) is 1.72. The maximum absolute atomic E-state index is 12.5. The minimum absolute atomic E-state index is 0.0204. The lowest BCUT2D eigenvalue weighted by atomic mass is 10.1. The molecule has 0 saturated carbocycles. The SMILES string of the molecule is CC(=O)c1ccc(OC(=O)c2ccccc2CSC2=NCCS2)cc1. The van der Waals surface area contributed by atoms with Crippen molar-refractivity contribution >= 4 is 39.7 Å². The van der Waals surface area contributed by atoms with Gasteiger partial charge in [-0.1, -0.05) is 41.7 Å². The summed E-state index contributed by atoms with van der Waals surface area (Å²) in [5, 5.41) is 0. The Bertz CT molecular complexity index is 816. The zero-order valence-corrected chi connectivity index (χ0v) is 15.4. The highest BCUT2D eigenvalue weighted by molar-refractivity contribution is 8.38. The summed E-state index contributed by atoms with van der Waals surface area (Å²) >= 11 is 3.40. The minimum Gasteiger partial charge on any atom is -0.423 e. The van der Waals surface area contributed by atoms with Crippen molar-refractivity contribution in [1.29, 1.82) is 0 Å². The Morgan fingerprint density at radius 1 is 1.16 bits per heavy atom. The molecule has 0 radical (unpaired) electrons. The monoisotopic (exact) mass is 371 g/mol. The van der Waals surface area contributed by atoms with E-state index in [0.717, 1.165) is 22.2 Å². The number of carbonyl (C=O) groups is 2. The molecule has 0 fully saturated rings. The molecule has 0 aliphatic carbocycles. The van der Waals surface area contributed by atoms with Gasteiger partial charge < -0.3 is 4.74 Å². The molecule has 0 aromatic heterocycles. The van der Waals surface area contributed by atoms with Crippen LogP contribution in [-0.4, -0.2) is 28.4 Å². The number of carbonyl (C=O) groups excluding carboxylic acids is 2. The number of hydrogen-bond donors (Lipinski definition) is 0. The highest BCUT2D eigenvalue weighted by Gasteiger charge is 2.15. The first-order valence-corrected chi connectivity index (χ1v) is 9.82. The first-order valence-electron chi connectivity index (χ1n) is 7.84. The fraction of sp³-hybridized carbons (Fsp3) is 0.211. The van der Waals surface area contributed by atoms with Crippen LogP contribution in [0.3, 0.4) is 0 Å². The average molecular weight is 371 g/mol. The molecule has 1 aliphatic heterocycles. The second kappa shape index (κ2) is 8.36. The fourth-order valence-corrected chi connectivity index (χ4v) is 4.32. The molecule has 0 unspecified atom stereocenters. The van der Waals surface area contributed by atoms with Gasteiger partial charge in [0.05, 0.1) is 12.1 Å². The molecule has 128 valence electrons. The van der Waals surface area contributed by atoms with Gasteiger partial charge in [0.25, 0.3) is 0 Å². The Kier molecular flexibility index (Phi) is 5.94. The van der Waals surface area contributed by atoms with E-state index in [4.69, 9.17) is 4.74 Å². The molecule has 0 atom stereocenters. The number of hydrogen-bond acceptors (Lipinski definition) is 6. The lowest BCUT2D eigenvalue weighted by Crippen LogP contribution is -2.11. The summed E-state index contributed by atoms with van der Waals surface area (Å²) < 4.78 is 6.52. The van der Waals surface area contributed by atoms with Gasteiger partial charge in [-0.05, 0) is 42.8 Å². The first kappa shape index (κ1) is 17.8. The molecular formula is C19H17NO3S2. The molecule has 0 spiro atoms. The highest BCUT2D eigenvalue weighted by atomic mass is 32.2. The molecular weight excluding hydrogens is 354 g/mol. The summed E-state index contributed by atoms with van der Waals surface area (Å²) in [4.78, 5) is 28.2. The summed E-state index contributed by atoms with van der Waals surface area (Å²) in [5.41, 5.74) is 2.06. The van der Waals surface area contributed by atoms with Crippen molar-refractivity contribution in [3.63, 3.8) is 0 Å². The van der Waals surface area contributed by atoms with E-state index >= 15 is 0 Å². The summed E-state index contributed by atoms with van der Waals surface area (Å²) in [7, 11) is 0. The average Bonchev–Trinajstić information content (AvgIpc) is 3.14. The molecule has 0 amide bonds. The third-order valence-electron chi connectivity index (χ3n) is 3.62. The Morgan fingerprint density at radius 3 is 2.60 bits per heavy atom. The van der Waals surface area contributed by atoms with Crippen LogP contribution in [0, 0.1) is 0 Å². The van der Waals surface area contributed by atoms with Crippen molar-refractivity contribution in [1.82, 2.24) is 0 Å². The van der Waals surface area contributed by atoms with Crippen molar-refractivity contribution in [2.75, 3.05) is 12.3 Å². The molecule has 0 bridgehead atoms. The largest absolute Gasteiger partial charge is 0.423 e. The third kappa shape index (κ3) is 4.74. The number of nitrogens with zero attached hydrogens (tertiary/aromatic N) is 1. The number of ketones is 1. The molecule has 4 nitrogen and oxygen atoms in total. The molecule has 2 aromatic rings. The van der Waals surface area contributed by atoms with E-state index in [2.05, 4.69) is 4.99 Å². The number of thioether (sulfide) groups is 2. The summed E-state index contributed by atoms with van der Waals surface area (Å²) in [6, 6.07) is 14.0. The lowest BCUT2D eigenvalue weighted by Gasteiger charge is -2.09. The zero-order chi connectivity index (χ0) is 17.6. The van der Waals surface area contributed by atoms with Crippen LogP contribution in [0.4, 0.5) is 0 Å². The molecule has 6 heteroatoms. The normalized spacial score (nSPS) is 13.4. The van der Waals surface area contributed by atoms with Crippen molar-refractivity contribution in [3.8, 4) is 5.75 Å². The molecule has 0 N–H and O–H groups in total. The number of Topliss-reactive ketones (excluding diaryl/α,β-unsaturated/α-hetero) is 1. The zero-order valence-electron chi connectivity index (χ0n) is 13.7. The van der Waals surface area contributed by atoms with Crippen LogP contribution in [0.15, 0.2) is 53.5 Å². The Balaban J connectivity index is 1.69. The van der Waals surface area contributed by atoms with Crippen LogP contribution in [0.2, 0.25) is 0 Å². The van der Waals surface area contributed by atoms with Gasteiger partial charge in [-0.15, -0.1) is 0 Å². The van der Waals surface area contributed by atoms with Crippen molar-refractivity contribution < 1.29 is 14.3 Å². The van der Waals surface area contributed by atoms with Gasteiger partial charge in [-0.25, -0.2) is 4.79 Å². The van der Waals surface area contributed by atoms with Gasteiger partial charge in [0.15, 0.2) is 5.78 Å². The summed E-state index contributed by atoms with van der Waals surface area (Å²) in [6.45, 7) is 2.37. The third-order valence-corrected chi connectivity index (χ3v) is 5.92. The number of aliphatic imine (C=N–C) groups is 1.